The van der Waals surface area contributed by atoms with E-state index < -0.39 is 23.6 Å². The van der Waals surface area contributed by atoms with Crippen LogP contribution in [0.1, 0.15) is 5.56 Å². The van der Waals surface area contributed by atoms with Crippen molar-refractivity contribution in [3.8, 4) is 11.5 Å². The number of methoxy groups -OCH3 is 1. The van der Waals surface area contributed by atoms with Crippen molar-refractivity contribution in [2.45, 2.75) is 12.2 Å². The van der Waals surface area contributed by atoms with E-state index in [2.05, 4.69) is 15.3 Å². The van der Waals surface area contributed by atoms with Gasteiger partial charge in [-0.2, -0.15) is 13.2 Å². The highest BCUT2D eigenvalue weighted by Crippen LogP contribution is 2.35. The molecule has 0 spiro atoms. The Morgan fingerprint density at radius 1 is 1.32 bits per heavy atom. The zero-order chi connectivity index (χ0) is 20.3. The van der Waals surface area contributed by atoms with Crippen LogP contribution < -0.4 is 20.5 Å². The third-order valence-corrected chi connectivity index (χ3v) is 4.47. The maximum Gasteiger partial charge on any atom is 0.421 e. The number of rotatable bonds is 6. The van der Waals surface area contributed by atoms with Gasteiger partial charge < -0.3 is 25.3 Å². The first-order valence-electron chi connectivity index (χ1n) is 8.29. The van der Waals surface area contributed by atoms with Crippen molar-refractivity contribution in [3.63, 3.8) is 0 Å². The SMILES string of the molecule is COc1cccc(OCC2COC[C@H]2Nc2nc(Cl)ncc2C(F)(F)F)c1N. The minimum atomic E-state index is -4.62. The van der Waals surface area contributed by atoms with E-state index >= 15 is 0 Å². The second-order valence-electron chi connectivity index (χ2n) is 6.13. The van der Waals surface area contributed by atoms with Gasteiger partial charge in [0.2, 0.25) is 5.28 Å². The van der Waals surface area contributed by atoms with Gasteiger partial charge in [-0.15, -0.1) is 0 Å². The molecule has 3 N–H and O–H groups in total. The summed E-state index contributed by atoms with van der Waals surface area (Å²) in [6, 6.07) is 4.65. The van der Waals surface area contributed by atoms with Crippen molar-refractivity contribution in [1.82, 2.24) is 9.97 Å². The lowest BCUT2D eigenvalue weighted by molar-refractivity contribution is -0.137. The molecule has 0 radical (unpaired) electrons. The number of ether oxygens (including phenoxy) is 3. The lowest BCUT2D eigenvalue weighted by Gasteiger charge is -2.22. The topological polar surface area (TPSA) is 91.5 Å². The molecule has 2 atom stereocenters. The number of alkyl halides is 3. The van der Waals surface area contributed by atoms with Gasteiger partial charge in [0.05, 0.1) is 33.0 Å². The van der Waals surface area contributed by atoms with Gasteiger partial charge >= 0.3 is 6.18 Å². The fraction of sp³-hybridized carbons (Fsp3) is 0.412. The average molecular weight is 419 g/mol. The number of nitrogens with one attached hydrogen (secondary N) is 1. The Balaban J connectivity index is 1.72. The molecule has 1 saturated heterocycles. The molecular weight excluding hydrogens is 401 g/mol. The van der Waals surface area contributed by atoms with Crippen molar-refractivity contribution >= 4 is 23.1 Å². The predicted octanol–water partition coefficient (Wildman–Crippen LogP) is 3.25. The van der Waals surface area contributed by atoms with E-state index in [1.807, 2.05) is 0 Å². The van der Waals surface area contributed by atoms with Crippen molar-refractivity contribution < 1.29 is 27.4 Å². The minimum absolute atomic E-state index is 0.176. The molecule has 0 amide bonds. The summed E-state index contributed by atoms with van der Waals surface area (Å²) < 4.78 is 55.9. The van der Waals surface area contributed by atoms with Crippen LogP contribution in [-0.2, 0) is 10.9 Å². The molecule has 7 nitrogen and oxygen atoms in total. The van der Waals surface area contributed by atoms with Gasteiger partial charge in [0.15, 0.2) is 0 Å². The second-order valence-corrected chi connectivity index (χ2v) is 6.47. The fourth-order valence-corrected chi connectivity index (χ4v) is 2.93. The Morgan fingerprint density at radius 3 is 2.79 bits per heavy atom. The van der Waals surface area contributed by atoms with E-state index in [4.69, 9.17) is 31.5 Å². The van der Waals surface area contributed by atoms with Gasteiger partial charge in [-0.05, 0) is 23.7 Å². The highest BCUT2D eigenvalue weighted by Gasteiger charge is 2.37. The Morgan fingerprint density at radius 2 is 2.07 bits per heavy atom. The van der Waals surface area contributed by atoms with E-state index in [0.717, 1.165) is 0 Å². The summed E-state index contributed by atoms with van der Waals surface area (Å²) in [7, 11) is 1.49. The Kier molecular flexibility index (Phi) is 5.99. The van der Waals surface area contributed by atoms with Crippen molar-refractivity contribution in [1.29, 1.82) is 0 Å². The second kappa shape index (κ2) is 8.27. The predicted molar refractivity (Wildman–Crippen MR) is 96.7 cm³/mol. The molecule has 1 fully saturated rings. The van der Waals surface area contributed by atoms with Crippen molar-refractivity contribution in [2.24, 2.45) is 5.92 Å². The van der Waals surface area contributed by atoms with E-state index in [1.165, 1.54) is 7.11 Å². The Labute approximate surface area is 164 Å². The number of nitrogens with two attached hydrogens (primary N) is 1. The number of halogens is 4. The number of benzene rings is 1. The number of hydrogen-bond donors (Lipinski definition) is 2. The summed E-state index contributed by atoms with van der Waals surface area (Å²) >= 11 is 5.66. The maximum atomic E-state index is 13.2. The minimum Gasteiger partial charge on any atom is -0.494 e. The third-order valence-electron chi connectivity index (χ3n) is 4.28. The summed E-state index contributed by atoms with van der Waals surface area (Å²) in [6.07, 6.45) is -3.97. The number of anilines is 2. The molecule has 1 unspecified atom stereocenters. The lowest BCUT2D eigenvalue weighted by atomic mass is 10.0. The zero-order valence-electron chi connectivity index (χ0n) is 14.8. The highest BCUT2D eigenvalue weighted by atomic mass is 35.5. The van der Waals surface area contributed by atoms with Crippen molar-refractivity contribution in [3.05, 3.63) is 35.2 Å². The van der Waals surface area contributed by atoms with E-state index in [0.29, 0.717) is 30.0 Å². The van der Waals surface area contributed by atoms with Crippen LogP contribution in [0.25, 0.3) is 0 Å². The van der Waals surface area contributed by atoms with Crippen molar-refractivity contribution in [2.75, 3.05) is 38.0 Å². The number of aromatic nitrogens is 2. The van der Waals surface area contributed by atoms with Crippen LogP contribution in [0.3, 0.4) is 0 Å². The summed E-state index contributed by atoms with van der Waals surface area (Å²) in [5, 5.41) is 2.48. The number of nitrogens with zero attached hydrogens (tertiary/aromatic N) is 2. The van der Waals surface area contributed by atoms with Gasteiger partial charge in [0.25, 0.3) is 0 Å². The van der Waals surface area contributed by atoms with Gasteiger partial charge in [0.1, 0.15) is 28.6 Å². The lowest BCUT2D eigenvalue weighted by Crippen LogP contribution is -2.33. The summed E-state index contributed by atoms with van der Waals surface area (Å²) in [5.74, 6) is 0.265. The molecule has 3 rings (SSSR count). The van der Waals surface area contributed by atoms with Gasteiger partial charge in [0, 0.05) is 12.1 Å². The average Bonchev–Trinajstić information content (AvgIpc) is 3.07. The monoisotopic (exact) mass is 418 g/mol. The third kappa shape index (κ3) is 4.50. The molecule has 11 heteroatoms. The zero-order valence-corrected chi connectivity index (χ0v) is 15.5. The first kappa shape index (κ1) is 20.3. The molecule has 1 aliphatic heterocycles. The van der Waals surface area contributed by atoms with Crippen LogP contribution in [0.5, 0.6) is 11.5 Å². The summed E-state index contributed by atoms with van der Waals surface area (Å²) in [6.45, 7) is 0.678. The summed E-state index contributed by atoms with van der Waals surface area (Å²) in [5.41, 5.74) is 5.31. The molecule has 1 aliphatic rings. The molecule has 0 aliphatic carbocycles. The smallest absolute Gasteiger partial charge is 0.421 e. The molecule has 2 heterocycles. The first-order valence-corrected chi connectivity index (χ1v) is 8.66. The standard InChI is InChI=1S/C17H18ClF3N4O3/c1-26-12-3-2-4-13(14(12)22)28-7-9-6-27-8-11(9)24-15-10(17(19,20)21)5-23-16(18)25-15/h2-5,9,11H,6-8,22H2,1H3,(H,23,24,25)/t9?,11-/m1/s1. The fourth-order valence-electron chi connectivity index (χ4n) is 2.80. The van der Waals surface area contributed by atoms with Crippen LogP contribution in [0, 0.1) is 5.92 Å². The van der Waals surface area contributed by atoms with Crippen LogP contribution in [0.15, 0.2) is 24.4 Å². The van der Waals surface area contributed by atoms with Gasteiger partial charge in [-0.1, -0.05) is 6.07 Å². The Hall–Kier alpha value is -2.46. The van der Waals surface area contributed by atoms with Crippen LogP contribution in [0.2, 0.25) is 5.28 Å². The first-order chi connectivity index (χ1) is 13.3. The largest absolute Gasteiger partial charge is 0.494 e. The molecule has 0 saturated carbocycles. The normalized spacial score (nSPS) is 19.5. The molecule has 152 valence electrons. The maximum absolute atomic E-state index is 13.2. The number of para-hydroxylation sites is 1. The molecule has 1 aromatic carbocycles. The number of nitrogen functional groups attached to an aromatic ring is 1. The molecule has 28 heavy (non-hydrogen) atoms. The molecule has 0 bridgehead atoms. The van der Waals surface area contributed by atoms with E-state index in [1.54, 1.807) is 18.2 Å². The summed E-state index contributed by atoms with van der Waals surface area (Å²) in [4.78, 5) is 7.10. The molecular formula is C17H18ClF3N4O3. The van der Waals surface area contributed by atoms with E-state index in [9.17, 15) is 13.2 Å². The molecule has 1 aromatic heterocycles. The number of hydrogen-bond acceptors (Lipinski definition) is 7. The quantitative estimate of drug-likeness (QED) is 0.549. The molecule has 2 aromatic rings. The Bertz CT molecular complexity index is 838. The van der Waals surface area contributed by atoms with Gasteiger partial charge in [-0.3, -0.25) is 0 Å². The van der Waals surface area contributed by atoms with Crippen LogP contribution in [-0.4, -0.2) is 42.9 Å². The van der Waals surface area contributed by atoms with Crippen LogP contribution >= 0.6 is 11.6 Å². The van der Waals surface area contributed by atoms with E-state index in [-0.39, 0.29) is 24.4 Å². The van der Waals surface area contributed by atoms with Gasteiger partial charge in [-0.25, -0.2) is 9.97 Å². The highest BCUT2D eigenvalue weighted by molar-refractivity contribution is 6.28. The van der Waals surface area contributed by atoms with Crippen LogP contribution in [0.4, 0.5) is 24.7 Å².